The molecule has 25 heavy (non-hydrogen) atoms. The van der Waals surface area contributed by atoms with E-state index in [4.69, 9.17) is 0 Å². The normalized spacial score (nSPS) is 29.9. The Morgan fingerprint density at radius 2 is 1.32 bits per heavy atom. The molecule has 124 valence electrons. The summed E-state index contributed by atoms with van der Waals surface area (Å²) in [6.45, 7) is 0. The predicted molar refractivity (Wildman–Crippen MR) is 90.6 cm³/mol. The lowest BCUT2D eigenvalue weighted by molar-refractivity contribution is -0.149. The van der Waals surface area contributed by atoms with Gasteiger partial charge in [-0.05, 0) is 23.3 Å². The van der Waals surface area contributed by atoms with Crippen molar-refractivity contribution in [1.82, 2.24) is 4.90 Å². The summed E-state index contributed by atoms with van der Waals surface area (Å²) in [5, 5.41) is 0. The zero-order valence-electron chi connectivity index (χ0n) is 13.6. The fourth-order valence-corrected chi connectivity index (χ4v) is 4.77. The van der Waals surface area contributed by atoms with Gasteiger partial charge in [-0.3, -0.25) is 14.4 Å². The van der Waals surface area contributed by atoms with Gasteiger partial charge in [-0.1, -0.05) is 42.5 Å². The molecule has 0 aromatic heterocycles. The molecule has 2 fully saturated rings. The minimum absolute atomic E-state index is 0.0685. The van der Waals surface area contributed by atoms with Crippen molar-refractivity contribution in [3.63, 3.8) is 0 Å². The maximum absolute atomic E-state index is 13.2. The van der Waals surface area contributed by atoms with Gasteiger partial charge in [0.1, 0.15) is 0 Å². The molecule has 3 amide bonds. The molecule has 2 aromatic rings. The van der Waals surface area contributed by atoms with Gasteiger partial charge < -0.3 is 4.90 Å². The highest BCUT2D eigenvalue weighted by molar-refractivity contribution is 6.24. The van der Waals surface area contributed by atoms with Gasteiger partial charge in [0.2, 0.25) is 17.7 Å². The van der Waals surface area contributed by atoms with Gasteiger partial charge >= 0.3 is 0 Å². The predicted octanol–water partition coefficient (Wildman–Crippen LogP) is 2.10. The SMILES string of the molecule is CN1C(=O)[C@@H]2c3ccccc3[C@H]1[C@@H]1C(=O)N(c3ccccc3)C(=O)[C@@H]12. The van der Waals surface area contributed by atoms with Crippen molar-refractivity contribution in [2.45, 2.75) is 12.0 Å². The summed E-state index contributed by atoms with van der Waals surface area (Å²) in [4.78, 5) is 42.1. The molecule has 5 heteroatoms. The van der Waals surface area contributed by atoms with E-state index in [2.05, 4.69) is 0 Å². The average molecular weight is 332 g/mol. The average Bonchev–Trinajstić information content (AvgIpc) is 2.90. The molecule has 0 unspecified atom stereocenters. The minimum atomic E-state index is -0.601. The van der Waals surface area contributed by atoms with Crippen LogP contribution in [0.1, 0.15) is 23.1 Å². The van der Waals surface area contributed by atoms with Crippen LogP contribution in [-0.2, 0) is 14.4 Å². The van der Waals surface area contributed by atoms with Crippen LogP contribution in [0.3, 0.4) is 0 Å². The van der Waals surface area contributed by atoms with E-state index in [0.29, 0.717) is 5.69 Å². The second-order valence-electron chi connectivity index (χ2n) is 6.90. The largest absolute Gasteiger partial charge is 0.337 e. The van der Waals surface area contributed by atoms with Gasteiger partial charge in [-0.25, -0.2) is 4.90 Å². The second kappa shape index (κ2) is 4.79. The summed E-state index contributed by atoms with van der Waals surface area (Å²) in [6, 6.07) is 16.3. The van der Waals surface area contributed by atoms with Crippen LogP contribution in [-0.4, -0.2) is 29.7 Å². The molecule has 2 saturated heterocycles. The molecular formula is C20H16N2O3. The third-order valence-corrected chi connectivity index (χ3v) is 5.79. The summed E-state index contributed by atoms with van der Waals surface area (Å²) in [6.07, 6.45) is 0. The molecule has 0 saturated carbocycles. The number of carbonyl (C=O) groups is 3. The number of hydrogen-bond donors (Lipinski definition) is 0. The van der Waals surface area contributed by atoms with Crippen molar-refractivity contribution in [2.24, 2.45) is 11.8 Å². The van der Waals surface area contributed by atoms with Crippen molar-refractivity contribution in [1.29, 1.82) is 0 Å². The number of anilines is 1. The van der Waals surface area contributed by atoms with Gasteiger partial charge in [0.15, 0.2) is 0 Å². The lowest BCUT2D eigenvalue weighted by Gasteiger charge is -2.49. The summed E-state index contributed by atoms with van der Waals surface area (Å²) < 4.78 is 0. The maximum atomic E-state index is 13.2. The van der Waals surface area contributed by atoms with E-state index >= 15 is 0 Å². The zero-order valence-corrected chi connectivity index (χ0v) is 13.6. The lowest BCUT2D eigenvalue weighted by atomic mass is 9.63. The molecular weight excluding hydrogens is 316 g/mol. The monoisotopic (exact) mass is 332 g/mol. The van der Waals surface area contributed by atoms with Crippen LogP contribution in [0.25, 0.3) is 0 Å². The van der Waals surface area contributed by atoms with Crippen molar-refractivity contribution in [2.75, 3.05) is 11.9 Å². The van der Waals surface area contributed by atoms with E-state index in [9.17, 15) is 14.4 Å². The Morgan fingerprint density at radius 3 is 2.04 bits per heavy atom. The summed E-state index contributed by atoms with van der Waals surface area (Å²) >= 11 is 0. The molecule has 1 aliphatic carbocycles. The van der Waals surface area contributed by atoms with Crippen molar-refractivity contribution in [3.8, 4) is 0 Å². The van der Waals surface area contributed by atoms with E-state index in [1.54, 1.807) is 36.2 Å². The first-order valence-corrected chi connectivity index (χ1v) is 8.39. The zero-order chi connectivity index (χ0) is 17.3. The number of nitrogens with zero attached hydrogens (tertiary/aromatic N) is 2. The smallest absolute Gasteiger partial charge is 0.240 e. The topological polar surface area (TPSA) is 57.7 Å². The highest BCUT2D eigenvalue weighted by atomic mass is 16.2. The first kappa shape index (κ1) is 14.4. The number of amides is 3. The highest BCUT2D eigenvalue weighted by Gasteiger charge is 2.64. The molecule has 3 aliphatic heterocycles. The van der Waals surface area contributed by atoms with Crippen LogP contribution in [0, 0.1) is 11.8 Å². The molecule has 5 nitrogen and oxygen atoms in total. The van der Waals surface area contributed by atoms with Crippen LogP contribution in [0.5, 0.6) is 0 Å². The number of likely N-dealkylation sites (N-methyl/N-ethyl adjacent to an activating group) is 1. The van der Waals surface area contributed by atoms with Gasteiger partial charge in [0.25, 0.3) is 0 Å². The molecule has 2 aromatic carbocycles. The van der Waals surface area contributed by atoms with E-state index < -0.39 is 17.8 Å². The minimum Gasteiger partial charge on any atom is -0.337 e. The molecule has 0 spiro atoms. The number of carbonyl (C=O) groups excluding carboxylic acids is 3. The van der Waals surface area contributed by atoms with E-state index in [1.807, 2.05) is 30.3 Å². The first-order valence-electron chi connectivity index (χ1n) is 8.39. The van der Waals surface area contributed by atoms with Gasteiger partial charge in [0.05, 0.1) is 29.5 Å². The van der Waals surface area contributed by atoms with Crippen molar-refractivity contribution in [3.05, 3.63) is 65.7 Å². The maximum Gasteiger partial charge on any atom is 0.240 e. The molecule has 4 aliphatic rings. The fourth-order valence-electron chi connectivity index (χ4n) is 4.77. The van der Waals surface area contributed by atoms with Gasteiger partial charge in [-0.15, -0.1) is 0 Å². The molecule has 0 radical (unpaired) electrons. The quantitative estimate of drug-likeness (QED) is 0.752. The van der Waals surface area contributed by atoms with Crippen LogP contribution in [0.4, 0.5) is 5.69 Å². The number of imide groups is 1. The Bertz CT molecular complexity index is 924. The van der Waals surface area contributed by atoms with Crippen molar-refractivity contribution >= 4 is 23.4 Å². The van der Waals surface area contributed by atoms with Gasteiger partial charge in [0, 0.05) is 7.05 Å². The van der Waals surface area contributed by atoms with E-state index in [1.165, 1.54) is 4.90 Å². The number of benzene rings is 2. The van der Waals surface area contributed by atoms with Crippen LogP contribution in [0.2, 0.25) is 0 Å². The van der Waals surface area contributed by atoms with Crippen LogP contribution >= 0.6 is 0 Å². The van der Waals surface area contributed by atoms with Gasteiger partial charge in [-0.2, -0.15) is 0 Å². The Hall–Kier alpha value is -2.95. The van der Waals surface area contributed by atoms with Crippen LogP contribution in [0.15, 0.2) is 54.6 Å². The highest BCUT2D eigenvalue weighted by Crippen LogP contribution is 2.57. The molecule has 2 bridgehead atoms. The third kappa shape index (κ3) is 1.65. The Morgan fingerprint density at radius 1 is 0.720 bits per heavy atom. The number of piperidine rings is 1. The number of para-hydroxylation sites is 1. The van der Waals surface area contributed by atoms with E-state index in [-0.39, 0.29) is 23.8 Å². The summed E-state index contributed by atoms with van der Waals surface area (Å²) in [7, 11) is 1.73. The molecule has 6 rings (SSSR count). The first-order chi connectivity index (χ1) is 12.1. The summed E-state index contributed by atoms with van der Waals surface area (Å²) in [5.74, 6) is -2.20. The number of fused-ring (bicyclic) bond motifs is 1. The Kier molecular flexibility index (Phi) is 2.76. The second-order valence-corrected chi connectivity index (χ2v) is 6.90. The van der Waals surface area contributed by atoms with Crippen molar-refractivity contribution < 1.29 is 14.4 Å². The summed E-state index contributed by atoms with van der Waals surface area (Å²) in [5.41, 5.74) is 2.46. The Balaban J connectivity index is 1.70. The fraction of sp³-hybridized carbons (Fsp3) is 0.250. The molecule has 4 atom stereocenters. The number of hydrogen-bond acceptors (Lipinski definition) is 3. The lowest BCUT2D eigenvalue weighted by Crippen LogP contribution is -2.54. The molecule has 0 N–H and O–H groups in total. The van der Waals surface area contributed by atoms with Crippen LogP contribution < -0.4 is 4.90 Å². The standard InChI is InChI=1S/C20H16N2O3/c1-21-17-13-10-6-5-9-12(13)14(18(21)23)15-16(17)20(25)22(19(15)24)11-7-3-2-4-8-11/h2-10,14-17H,1H3/t14-,15-,16-,17+/m1/s1. The van der Waals surface area contributed by atoms with E-state index in [0.717, 1.165) is 11.1 Å². The molecule has 3 heterocycles. The third-order valence-electron chi connectivity index (χ3n) is 5.79. The number of rotatable bonds is 1. The Labute approximate surface area is 144 Å².